The number of hydrogen-bond donors (Lipinski definition) is 2. The number of ether oxygens (including phenoxy) is 1. The van der Waals surface area contributed by atoms with Crippen molar-refractivity contribution < 1.29 is 9.53 Å². The Morgan fingerprint density at radius 1 is 1.43 bits per heavy atom. The second kappa shape index (κ2) is 9.47. The van der Waals surface area contributed by atoms with Gasteiger partial charge in [0, 0.05) is 26.7 Å². The lowest BCUT2D eigenvalue weighted by molar-refractivity contribution is 0.0279. The van der Waals surface area contributed by atoms with Crippen molar-refractivity contribution in [2.45, 2.75) is 53.1 Å². The van der Waals surface area contributed by atoms with Crippen molar-refractivity contribution in [2.75, 3.05) is 26.7 Å². The van der Waals surface area contributed by atoms with Crippen molar-refractivity contribution in [3.05, 3.63) is 0 Å². The van der Waals surface area contributed by atoms with Crippen molar-refractivity contribution in [1.82, 2.24) is 10.2 Å². The molecule has 3 N–H and O–H groups in total. The highest BCUT2D eigenvalue weighted by atomic mass is 16.6. The second-order valence-electron chi connectivity index (χ2n) is 6.47. The van der Waals surface area contributed by atoms with Gasteiger partial charge in [0.05, 0.1) is 0 Å². The van der Waals surface area contributed by atoms with Crippen LogP contribution < -0.4 is 11.1 Å². The molecule has 0 bridgehead atoms. The summed E-state index contributed by atoms with van der Waals surface area (Å²) >= 11 is 0. The van der Waals surface area contributed by atoms with Crippen LogP contribution in [-0.2, 0) is 4.74 Å². The molecule has 6 nitrogen and oxygen atoms in total. The van der Waals surface area contributed by atoms with Gasteiger partial charge >= 0.3 is 6.09 Å². The largest absolute Gasteiger partial charge is 0.444 e. The molecule has 0 aromatic carbocycles. The minimum Gasteiger partial charge on any atom is -0.444 e. The van der Waals surface area contributed by atoms with Gasteiger partial charge < -0.3 is 20.7 Å². The van der Waals surface area contributed by atoms with E-state index in [2.05, 4.69) is 17.2 Å². The lowest BCUT2D eigenvalue weighted by atomic mass is 10.2. The summed E-state index contributed by atoms with van der Waals surface area (Å²) in [6.07, 6.45) is 1.89. The zero-order chi connectivity index (χ0) is 16.5. The van der Waals surface area contributed by atoms with E-state index in [9.17, 15) is 4.79 Å². The molecule has 0 rings (SSSR count). The van der Waals surface area contributed by atoms with Gasteiger partial charge in [0.15, 0.2) is 5.96 Å². The van der Waals surface area contributed by atoms with E-state index in [-0.39, 0.29) is 12.0 Å². The summed E-state index contributed by atoms with van der Waals surface area (Å²) in [5.41, 5.74) is 5.30. The van der Waals surface area contributed by atoms with Crippen LogP contribution >= 0.6 is 0 Å². The van der Waals surface area contributed by atoms with Crippen molar-refractivity contribution in [3.8, 4) is 0 Å². The number of amides is 1. The average Bonchev–Trinajstić information content (AvgIpc) is 2.34. The maximum absolute atomic E-state index is 11.8. The molecule has 0 heterocycles. The van der Waals surface area contributed by atoms with E-state index in [4.69, 9.17) is 10.5 Å². The lowest BCUT2D eigenvalue weighted by Gasteiger charge is -2.26. The molecule has 0 spiro atoms. The number of unbranched alkanes of at least 4 members (excludes halogenated alkanes) is 1. The predicted octanol–water partition coefficient (Wildman–Crippen LogP) is 2.19. The first-order chi connectivity index (χ1) is 9.65. The normalized spacial score (nSPS) is 13.7. The summed E-state index contributed by atoms with van der Waals surface area (Å²) in [4.78, 5) is 17.7. The molecule has 0 radical (unpaired) electrons. The van der Waals surface area contributed by atoms with E-state index in [0.717, 1.165) is 19.4 Å². The lowest BCUT2D eigenvalue weighted by Crippen LogP contribution is -2.37. The van der Waals surface area contributed by atoms with Gasteiger partial charge in [-0.05, 0) is 33.1 Å². The number of guanidine groups is 1. The number of hydrogen-bond acceptors (Lipinski definition) is 3. The number of rotatable bonds is 7. The van der Waals surface area contributed by atoms with Gasteiger partial charge in [0.25, 0.3) is 0 Å². The highest BCUT2D eigenvalue weighted by molar-refractivity contribution is 5.77. The Hall–Kier alpha value is -1.46. The number of nitrogens with zero attached hydrogens (tertiary/aromatic N) is 2. The van der Waals surface area contributed by atoms with Gasteiger partial charge in [-0.1, -0.05) is 20.3 Å². The third kappa shape index (κ3) is 10.9. The summed E-state index contributed by atoms with van der Waals surface area (Å²) < 4.78 is 5.31. The molecule has 1 atom stereocenters. The summed E-state index contributed by atoms with van der Waals surface area (Å²) in [6, 6.07) is 0. The number of nitrogens with two attached hydrogens (primary N) is 1. The molecule has 1 amide bonds. The Labute approximate surface area is 129 Å². The van der Waals surface area contributed by atoms with Crippen LogP contribution in [0.1, 0.15) is 47.5 Å². The first-order valence-corrected chi connectivity index (χ1v) is 7.63. The number of nitrogens with one attached hydrogen (secondary N) is 1. The van der Waals surface area contributed by atoms with Crippen molar-refractivity contribution in [2.24, 2.45) is 16.6 Å². The number of carbonyl (C=O) groups is 1. The van der Waals surface area contributed by atoms with Crippen molar-refractivity contribution in [1.29, 1.82) is 0 Å². The van der Waals surface area contributed by atoms with Gasteiger partial charge in [-0.15, -0.1) is 0 Å². The maximum atomic E-state index is 11.8. The summed E-state index contributed by atoms with van der Waals surface area (Å²) in [7, 11) is 1.73. The Kier molecular flexibility index (Phi) is 8.81. The van der Waals surface area contributed by atoms with E-state index in [1.165, 1.54) is 0 Å². The zero-order valence-corrected chi connectivity index (χ0v) is 14.4. The Morgan fingerprint density at radius 3 is 2.57 bits per heavy atom. The van der Waals surface area contributed by atoms with Crippen LogP contribution in [0.4, 0.5) is 4.79 Å². The molecule has 0 aliphatic carbocycles. The van der Waals surface area contributed by atoms with E-state index in [1.54, 1.807) is 11.9 Å². The molecule has 0 aromatic heterocycles. The van der Waals surface area contributed by atoms with Gasteiger partial charge in [0.2, 0.25) is 0 Å². The van der Waals surface area contributed by atoms with E-state index in [0.29, 0.717) is 19.0 Å². The topological polar surface area (TPSA) is 80.0 Å². The molecular weight excluding hydrogens is 268 g/mol. The predicted molar refractivity (Wildman–Crippen MR) is 87.4 cm³/mol. The highest BCUT2D eigenvalue weighted by Gasteiger charge is 2.20. The van der Waals surface area contributed by atoms with Crippen molar-refractivity contribution >= 4 is 12.1 Å². The Morgan fingerprint density at radius 2 is 2.05 bits per heavy atom. The van der Waals surface area contributed by atoms with Crippen LogP contribution in [0.25, 0.3) is 0 Å². The smallest absolute Gasteiger partial charge is 0.410 e. The summed E-state index contributed by atoms with van der Waals surface area (Å²) in [5, 5.41) is 3.07. The monoisotopic (exact) mass is 300 g/mol. The molecule has 21 heavy (non-hydrogen) atoms. The molecule has 124 valence electrons. The van der Waals surface area contributed by atoms with E-state index < -0.39 is 5.60 Å². The van der Waals surface area contributed by atoms with Crippen LogP contribution in [0.3, 0.4) is 0 Å². The fraction of sp³-hybridized carbons (Fsp3) is 0.867. The average molecular weight is 300 g/mol. The molecule has 6 heteroatoms. The Bertz CT molecular complexity index is 337. The van der Waals surface area contributed by atoms with Crippen molar-refractivity contribution in [3.63, 3.8) is 0 Å². The third-order valence-electron chi connectivity index (χ3n) is 2.70. The summed E-state index contributed by atoms with van der Waals surface area (Å²) in [6.45, 7) is 11.7. The van der Waals surface area contributed by atoms with Crippen LogP contribution in [-0.4, -0.2) is 49.2 Å². The van der Waals surface area contributed by atoms with Gasteiger partial charge in [-0.25, -0.2) is 4.79 Å². The van der Waals surface area contributed by atoms with Gasteiger partial charge in [0.1, 0.15) is 5.60 Å². The highest BCUT2D eigenvalue weighted by Crippen LogP contribution is 2.10. The first-order valence-electron chi connectivity index (χ1n) is 7.63. The van der Waals surface area contributed by atoms with Crippen LogP contribution in [0.2, 0.25) is 0 Å². The first kappa shape index (κ1) is 19.5. The Balaban J connectivity index is 4.10. The SMILES string of the molecule is CCCCNC(N)=NCC(C)CN(C)C(=O)OC(C)(C)C. The van der Waals surface area contributed by atoms with Crippen LogP contribution in [0.15, 0.2) is 4.99 Å². The van der Waals surface area contributed by atoms with Gasteiger partial charge in [-0.2, -0.15) is 0 Å². The van der Waals surface area contributed by atoms with Crippen LogP contribution in [0.5, 0.6) is 0 Å². The fourth-order valence-corrected chi connectivity index (χ4v) is 1.64. The summed E-state index contributed by atoms with van der Waals surface area (Å²) in [5.74, 6) is 0.685. The zero-order valence-electron chi connectivity index (χ0n) is 14.4. The number of carbonyl (C=O) groups excluding carboxylic acids is 1. The third-order valence-corrected chi connectivity index (χ3v) is 2.70. The molecule has 0 aliphatic rings. The minimum absolute atomic E-state index is 0.217. The minimum atomic E-state index is -0.472. The molecule has 0 aromatic rings. The quantitative estimate of drug-likeness (QED) is 0.429. The van der Waals surface area contributed by atoms with Crippen LogP contribution in [0, 0.1) is 5.92 Å². The molecule has 1 unspecified atom stereocenters. The molecular formula is C15H32N4O2. The van der Waals surface area contributed by atoms with Gasteiger partial charge in [-0.3, -0.25) is 4.99 Å². The molecule has 0 fully saturated rings. The van der Waals surface area contributed by atoms with E-state index >= 15 is 0 Å². The molecule has 0 saturated heterocycles. The maximum Gasteiger partial charge on any atom is 0.410 e. The second-order valence-corrected chi connectivity index (χ2v) is 6.47. The fourth-order valence-electron chi connectivity index (χ4n) is 1.64. The van der Waals surface area contributed by atoms with E-state index in [1.807, 2.05) is 27.7 Å². The standard InChI is InChI=1S/C15H32N4O2/c1-7-8-9-17-13(16)18-10-12(2)11-19(6)14(20)21-15(3,4)5/h12H,7-11H2,1-6H3,(H3,16,17,18). The molecule has 0 saturated carbocycles. The molecule has 0 aliphatic heterocycles. The number of aliphatic imine (C=N–C) groups is 1.